The SMILES string of the molecule is O=c1cc(Oc2cccc(I)c2)nc[nH]1. The molecule has 0 aliphatic heterocycles. The summed E-state index contributed by atoms with van der Waals surface area (Å²) in [6.45, 7) is 0. The van der Waals surface area contributed by atoms with E-state index in [2.05, 4.69) is 32.6 Å². The maximum Gasteiger partial charge on any atom is 0.254 e. The summed E-state index contributed by atoms with van der Waals surface area (Å²) in [6, 6.07) is 8.82. The second kappa shape index (κ2) is 4.43. The molecule has 0 bridgehead atoms. The zero-order valence-electron chi connectivity index (χ0n) is 7.61. The van der Waals surface area contributed by atoms with Gasteiger partial charge in [0.15, 0.2) is 0 Å². The first-order valence-corrected chi connectivity index (χ1v) is 5.30. The van der Waals surface area contributed by atoms with Gasteiger partial charge in [0.25, 0.3) is 5.56 Å². The van der Waals surface area contributed by atoms with Gasteiger partial charge in [-0.25, -0.2) is 4.98 Å². The van der Waals surface area contributed by atoms with Crippen molar-refractivity contribution in [1.82, 2.24) is 9.97 Å². The number of hydrogen-bond donors (Lipinski definition) is 1. The highest BCUT2D eigenvalue weighted by Gasteiger charge is 1.99. The molecule has 1 aromatic carbocycles. The van der Waals surface area contributed by atoms with Crippen molar-refractivity contribution in [2.75, 3.05) is 0 Å². The molecule has 0 unspecified atom stereocenters. The van der Waals surface area contributed by atoms with Crippen molar-refractivity contribution in [1.29, 1.82) is 0 Å². The Hall–Kier alpha value is -1.37. The van der Waals surface area contributed by atoms with Crippen molar-refractivity contribution in [2.45, 2.75) is 0 Å². The smallest absolute Gasteiger partial charge is 0.254 e. The van der Waals surface area contributed by atoms with E-state index in [0.717, 1.165) is 3.57 Å². The molecule has 1 N–H and O–H groups in total. The van der Waals surface area contributed by atoms with Gasteiger partial charge in [-0.1, -0.05) is 6.07 Å². The van der Waals surface area contributed by atoms with E-state index in [1.165, 1.54) is 12.4 Å². The Morgan fingerprint density at radius 1 is 1.33 bits per heavy atom. The molecular formula is C10H7IN2O2. The highest BCUT2D eigenvalue weighted by molar-refractivity contribution is 14.1. The summed E-state index contributed by atoms with van der Waals surface area (Å²) in [6.07, 6.45) is 1.31. The Bertz CT molecular complexity index is 525. The maximum atomic E-state index is 11.0. The summed E-state index contributed by atoms with van der Waals surface area (Å²) in [5, 5.41) is 0. The van der Waals surface area contributed by atoms with E-state index in [1.807, 2.05) is 24.3 Å². The van der Waals surface area contributed by atoms with E-state index in [0.29, 0.717) is 11.6 Å². The average Bonchev–Trinajstić information content (AvgIpc) is 2.17. The van der Waals surface area contributed by atoms with Crippen LogP contribution in [0, 0.1) is 3.57 Å². The molecule has 0 spiro atoms. The fourth-order valence-corrected chi connectivity index (χ4v) is 1.57. The molecule has 0 radical (unpaired) electrons. The summed E-state index contributed by atoms with van der Waals surface area (Å²) in [4.78, 5) is 17.3. The van der Waals surface area contributed by atoms with Crippen LogP contribution in [0.3, 0.4) is 0 Å². The molecule has 5 heteroatoms. The number of aromatic nitrogens is 2. The Morgan fingerprint density at radius 2 is 2.20 bits per heavy atom. The number of aromatic amines is 1. The van der Waals surface area contributed by atoms with Crippen LogP contribution in [-0.2, 0) is 0 Å². The van der Waals surface area contributed by atoms with Crippen LogP contribution in [0.25, 0.3) is 0 Å². The van der Waals surface area contributed by atoms with E-state index in [-0.39, 0.29) is 5.56 Å². The van der Waals surface area contributed by atoms with Crippen molar-refractivity contribution in [3.05, 3.63) is 50.6 Å². The summed E-state index contributed by atoms with van der Waals surface area (Å²) >= 11 is 2.19. The fourth-order valence-electron chi connectivity index (χ4n) is 1.06. The number of nitrogens with zero attached hydrogens (tertiary/aromatic N) is 1. The van der Waals surface area contributed by atoms with Gasteiger partial charge in [-0.05, 0) is 40.8 Å². The Morgan fingerprint density at radius 3 is 2.93 bits per heavy atom. The van der Waals surface area contributed by atoms with Crippen LogP contribution >= 0.6 is 22.6 Å². The second-order valence-electron chi connectivity index (χ2n) is 2.81. The molecule has 15 heavy (non-hydrogen) atoms. The summed E-state index contributed by atoms with van der Waals surface area (Å²) < 4.78 is 6.47. The molecule has 2 rings (SSSR count). The highest BCUT2D eigenvalue weighted by Crippen LogP contribution is 2.19. The van der Waals surface area contributed by atoms with Crippen LogP contribution < -0.4 is 10.3 Å². The predicted molar refractivity (Wildman–Crippen MR) is 64.1 cm³/mol. The molecule has 76 valence electrons. The van der Waals surface area contributed by atoms with Gasteiger partial charge in [-0.3, -0.25) is 4.79 Å². The largest absolute Gasteiger partial charge is 0.439 e. The third-order valence-electron chi connectivity index (χ3n) is 1.67. The molecule has 0 atom stereocenters. The minimum absolute atomic E-state index is 0.231. The maximum absolute atomic E-state index is 11.0. The lowest BCUT2D eigenvalue weighted by atomic mass is 10.3. The topological polar surface area (TPSA) is 55.0 Å². The van der Waals surface area contributed by atoms with Crippen molar-refractivity contribution in [3.8, 4) is 11.6 Å². The van der Waals surface area contributed by atoms with E-state index < -0.39 is 0 Å². The Balaban J connectivity index is 2.26. The highest BCUT2D eigenvalue weighted by atomic mass is 127. The Labute approximate surface area is 99.5 Å². The van der Waals surface area contributed by atoms with Crippen molar-refractivity contribution >= 4 is 22.6 Å². The normalized spacial score (nSPS) is 9.93. The number of nitrogens with one attached hydrogen (secondary N) is 1. The second-order valence-corrected chi connectivity index (χ2v) is 4.05. The standard InChI is InChI=1S/C10H7IN2O2/c11-7-2-1-3-8(4-7)15-10-5-9(14)12-6-13-10/h1-6H,(H,12,13,14). The van der Waals surface area contributed by atoms with Crippen LogP contribution in [0.1, 0.15) is 0 Å². The molecule has 0 aliphatic rings. The van der Waals surface area contributed by atoms with Crippen LogP contribution in [-0.4, -0.2) is 9.97 Å². The van der Waals surface area contributed by atoms with Crippen LogP contribution in [0.15, 0.2) is 41.5 Å². The summed E-state index contributed by atoms with van der Waals surface area (Å²) in [7, 11) is 0. The van der Waals surface area contributed by atoms with Crippen molar-refractivity contribution in [3.63, 3.8) is 0 Å². The number of benzene rings is 1. The minimum Gasteiger partial charge on any atom is -0.439 e. The quantitative estimate of drug-likeness (QED) is 0.864. The molecule has 0 saturated carbocycles. The van der Waals surface area contributed by atoms with E-state index in [1.54, 1.807) is 0 Å². The van der Waals surface area contributed by atoms with E-state index in [9.17, 15) is 4.79 Å². The molecule has 2 aromatic rings. The molecule has 0 saturated heterocycles. The lowest BCUT2D eigenvalue weighted by Gasteiger charge is -2.03. The van der Waals surface area contributed by atoms with Gasteiger partial charge in [-0.2, -0.15) is 0 Å². The monoisotopic (exact) mass is 314 g/mol. The number of rotatable bonds is 2. The van der Waals surface area contributed by atoms with Gasteiger partial charge in [-0.15, -0.1) is 0 Å². The van der Waals surface area contributed by atoms with Crippen LogP contribution in [0.2, 0.25) is 0 Å². The molecule has 0 amide bonds. The first-order chi connectivity index (χ1) is 7.24. The molecule has 1 aromatic heterocycles. The zero-order chi connectivity index (χ0) is 10.7. The fraction of sp³-hybridized carbons (Fsp3) is 0. The van der Waals surface area contributed by atoms with Crippen LogP contribution in [0.5, 0.6) is 11.6 Å². The minimum atomic E-state index is -0.231. The molecule has 1 heterocycles. The van der Waals surface area contributed by atoms with Crippen molar-refractivity contribution in [2.24, 2.45) is 0 Å². The first kappa shape index (κ1) is 10.2. The number of H-pyrrole nitrogens is 1. The van der Waals surface area contributed by atoms with Crippen LogP contribution in [0.4, 0.5) is 0 Å². The van der Waals surface area contributed by atoms with Gasteiger partial charge in [0.2, 0.25) is 5.88 Å². The van der Waals surface area contributed by atoms with Gasteiger partial charge in [0.05, 0.1) is 12.4 Å². The third kappa shape index (κ3) is 2.79. The molecule has 0 fully saturated rings. The average molecular weight is 314 g/mol. The number of ether oxygens (including phenoxy) is 1. The third-order valence-corrected chi connectivity index (χ3v) is 2.34. The molecule has 4 nitrogen and oxygen atoms in total. The number of halogens is 1. The molecular weight excluding hydrogens is 307 g/mol. The van der Waals surface area contributed by atoms with E-state index >= 15 is 0 Å². The summed E-state index contributed by atoms with van der Waals surface area (Å²) in [5.74, 6) is 0.959. The van der Waals surface area contributed by atoms with Gasteiger partial charge in [0.1, 0.15) is 5.75 Å². The van der Waals surface area contributed by atoms with Gasteiger partial charge >= 0.3 is 0 Å². The first-order valence-electron chi connectivity index (χ1n) is 4.22. The molecule has 0 aliphatic carbocycles. The van der Waals surface area contributed by atoms with Crippen molar-refractivity contribution < 1.29 is 4.74 Å². The lowest BCUT2D eigenvalue weighted by molar-refractivity contribution is 0.460. The summed E-state index contributed by atoms with van der Waals surface area (Å²) in [5.41, 5.74) is -0.231. The van der Waals surface area contributed by atoms with Gasteiger partial charge < -0.3 is 9.72 Å². The zero-order valence-corrected chi connectivity index (χ0v) is 9.76. The number of hydrogen-bond acceptors (Lipinski definition) is 3. The van der Waals surface area contributed by atoms with Gasteiger partial charge in [0, 0.05) is 3.57 Å². The predicted octanol–water partition coefficient (Wildman–Crippen LogP) is 2.17. The Kier molecular flexibility index (Phi) is 3.00. The van der Waals surface area contributed by atoms with E-state index in [4.69, 9.17) is 4.74 Å². The lowest BCUT2D eigenvalue weighted by Crippen LogP contribution is -2.04.